The summed E-state index contributed by atoms with van der Waals surface area (Å²) in [6.45, 7) is 4.80. The van der Waals surface area contributed by atoms with Gasteiger partial charge in [0.2, 0.25) is 5.91 Å². The van der Waals surface area contributed by atoms with Gasteiger partial charge in [0, 0.05) is 17.7 Å². The number of aromatic amines is 1. The number of nitrogens with one attached hydrogen (secondary N) is 1. The molecule has 0 bridgehead atoms. The lowest BCUT2D eigenvalue weighted by Crippen LogP contribution is -2.39. The van der Waals surface area contributed by atoms with Gasteiger partial charge in [-0.1, -0.05) is 48.2 Å². The third-order valence-electron chi connectivity index (χ3n) is 5.04. The van der Waals surface area contributed by atoms with Gasteiger partial charge in [0.1, 0.15) is 12.4 Å². The summed E-state index contributed by atoms with van der Waals surface area (Å²) in [6, 6.07) is 15.6. The minimum absolute atomic E-state index is 0.0381. The molecule has 0 saturated heterocycles. The number of rotatable bonds is 5. The van der Waals surface area contributed by atoms with E-state index in [0.717, 1.165) is 22.6 Å². The van der Waals surface area contributed by atoms with E-state index in [9.17, 15) is 9.59 Å². The molecule has 0 fully saturated rings. The zero-order valence-corrected chi connectivity index (χ0v) is 17.8. The molecule has 6 nitrogen and oxygen atoms in total. The van der Waals surface area contributed by atoms with E-state index in [0.29, 0.717) is 36.0 Å². The molecule has 3 aromatic rings. The van der Waals surface area contributed by atoms with E-state index >= 15 is 0 Å². The Bertz CT molecular complexity index is 1130. The van der Waals surface area contributed by atoms with Crippen LogP contribution in [0.5, 0.6) is 5.75 Å². The Hall–Kier alpha value is -3.06. The Labute approximate surface area is 179 Å². The normalized spacial score (nSPS) is 12.9. The molecule has 4 rings (SSSR count). The Morgan fingerprint density at radius 2 is 2.00 bits per heavy atom. The number of ether oxygens (including phenoxy) is 1. The summed E-state index contributed by atoms with van der Waals surface area (Å²) in [5.74, 6) is 0.870. The molecule has 0 atom stereocenters. The summed E-state index contributed by atoms with van der Waals surface area (Å²) in [7, 11) is 0. The molecule has 1 aromatic heterocycles. The van der Waals surface area contributed by atoms with Crippen LogP contribution >= 0.6 is 11.8 Å². The largest absolute Gasteiger partial charge is 0.490 e. The van der Waals surface area contributed by atoms with Crippen molar-refractivity contribution in [3.05, 3.63) is 81.3 Å². The van der Waals surface area contributed by atoms with Gasteiger partial charge in [0.05, 0.1) is 18.0 Å². The van der Waals surface area contributed by atoms with E-state index in [-0.39, 0.29) is 17.2 Å². The number of benzene rings is 2. The molecule has 0 aliphatic carbocycles. The first-order chi connectivity index (χ1) is 14.5. The van der Waals surface area contributed by atoms with Gasteiger partial charge in [-0.25, -0.2) is 4.98 Å². The Balaban J connectivity index is 1.46. The van der Waals surface area contributed by atoms with Crippen LogP contribution in [0.25, 0.3) is 0 Å². The molecule has 0 spiro atoms. The Morgan fingerprint density at radius 3 is 2.77 bits per heavy atom. The van der Waals surface area contributed by atoms with Crippen molar-refractivity contribution in [2.45, 2.75) is 25.4 Å². The summed E-state index contributed by atoms with van der Waals surface area (Å²) < 4.78 is 5.65. The minimum atomic E-state index is -0.159. The molecule has 30 heavy (non-hydrogen) atoms. The van der Waals surface area contributed by atoms with Gasteiger partial charge in [-0.2, -0.15) is 0 Å². The number of hydrogen-bond acceptors (Lipinski definition) is 5. The SMILES string of the molecule is Cc1ccc2c(c1)N(C(=O)CSc1nc(C)c(Cc3ccccc3)c(=O)[nH]1)CCO2. The van der Waals surface area contributed by atoms with Gasteiger partial charge in [-0.05, 0) is 37.1 Å². The first-order valence-corrected chi connectivity index (χ1v) is 10.8. The number of fused-ring (bicyclic) bond motifs is 1. The number of thioether (sulfide) groups is 1. The van der Waals surface area contributed by atoms with E-state index in [2.05, 4.69) is 9.97 Å². The summed E-state index contributed by atoms with van der Waals surface area (Å²) in [5, 5.41) is 0.459. The first-order valence-electron chi connectivity index (χ1n) is 9.81. The van der Waals surface area contributed by atoms with Crippen LogP contribution in [0.2, 0.25) is 0 Å². The average Bonchev–Trinajstić information content (AvgIpc) is 2.75. The molecule has 2 aromatic carbocycles. The number of anilines is 1. The second-order valence-corrected chi connectivity index (χ2v) is 8.22. The number of nitrogens with zero attached hydrogens (tertiary/aromatic N) is 2. The van der Waals surface area contributed by atoms with Crippen molar-refractivity contribution in [2.24, 2.45) is 0 Å². The van der Waals surface area contributed by atoms with Crippen LogP contribution in [0.15, 0.2) is 58.5 Å². The molecular weight excluding hydrogens is 398 g/mol. The summed E-state index contributed by atoms with van der Waals surface area (Å²) in [4.78, 5) is 34.5. The van der Waals surface area contributed by atoms with Crippen LogP contribution < -0.4 is 15.2 Å². The predicted octanol–water partition coefficient (Wildman–Crippen LogP) is 3.50. The maximum absolute atomic E-state index is 12.9. The molecule has 0 unspecified atom stereocenters. The minimum Gasteiger partial charge on any atom is -0.490 e. The molecule has 1 aliphatic rings. The maximum atomic E-state index is 12.9. The van der Waals surface area contributed by atoms with E-state index in [1.54, 1.807) is 4.90 Å². The second kappa shape index (κ2) is 8.75. The smallest absolute Gasteiger partial charge is 0.255 e. The molecule has 0 radical (unpaired) electrons. The Kier molecular flexibility index (Phi) is 5.90. The number of aromatic nitrogens is 2. The van der Waals surface area contributed by atoms with Crippen molar-refractivity contribution in [2.75, 3.05) is 23.8 Å². The highest BCUT2D eigenvalue weighted by Crippen LogP contribution is 2.33. The summed E-state index contributed by atoms with van der Waals surface area (Å²) in [6.07, 6.45) is 0.531. The molecule has 1 aliphatic heterocycles. The summed E-state index contributed by atoms with van der Waals surface area (Å²) in [5.41, 5.74) is 4.10. The van der Waals surface area contributed by atoms with Crippen molar-refractivity contribution in [3.63, 3.8) is 0 Å². The topological polar surface area (TPSA) is 75.3 Å². The van der Waals surface area contributed by atoms with Crippen molar-refractivity contribution in [1.29, 1.82) is 0 Å². The first kappa shape index (κ1) is 20.2. The fraction of sp³-hybridized carbons (Fsp3) is 0.261. The predicted molar refractivity (Wildman–Crippen MR) is 119 cm³/mol. The van der Waals surface area contributed by atoms with Crippen molar-refractivity contribution in [1.82, 2.24) is 9.97 Å². The van der Waals surface area contributed by atoms with Gasteiger partial charge < -0.3 is 14.6 Å². The molecule has 154 valence electrons. The van der Waals surface area contributed by atoms with Crippen LogP contribution in [0.3, 0.4) is 0 Å². The van der Waals surface area contributed by atoms with Crippen molar-refractivity contribution < 1.29 is 9.53 Å². The molecule has 2 heterocycles. The number of amides is 1. The maximum Gasteiger partial charge on any atom is 0.255 e. The molecule has 7 heteroatoms. The number of carbonyl (C=O) groups is 1. The van der Waals surface area contributed by atoms with E-state index in [1.165, 1.54) is 11.8 Å². The number of carbonyl (C=O) groups excluding carboxylic acids is 1. The number of H-pyrrole nitrogens is 1. The highest BCUT2D eigenvalue weighted by molar-refractivity contribution is 7.99. The molecule has 1 amide bonds. The average molecular weight is 422 g/mol. The monoisotopic (exact) mass is 421 g/mol. The van der Waals surface area contributed by atoms with Crippen molar-refractivity contribution >= 4 is 23.4 Å². The lowest BCUT2D eigenvalue weighted by atomic mass is 10.1. The number of hydrogen-bond donors (Lipinski definition) is 1. The number of aryl methyl sites for hydroxylation is 2. The molecule has 1 N–H and O–H groups in total. The van der Waals surface area contributed by atoms with Crippen LogP contribution in [0.1, 0.15) is 22.4 Å². The zero-order valence-electron chi connectivity index (χ0n) is 17.0. The van der Waals surface area contributed by atoms with E-state index in [4.69, 9.17) is 4.74 Å². The lowest BCUT2D eigenvalue weighted by molar-refractivity contribution is -0.116. The quantitative estimate of drug-likeness (QED) is 0.504. The van der Waals surface area contributed by atoms with Crippen LogP contribution in [0, 0.1) is 13.8 Å². The fourth-order valence-electron chi connectivity index (χ4n) is 3.46. The fourth-order valence-corrected chi connectivity index (χ4v) is 4.24. The molecular formula is C23H23N3O3S. The van der Waals surface area contributed by atoms with Crippen molar-refractivity contribution in [3.8, 4) is 5.75 Å². The molecule has 0 saturated carbocycles. The lowest BCUT2D eigenvalue weighted by Gasteiger charge is -2.29. The van der Waals surface area contributed by atoms with Crippen LogP contribution in [-0.4, -0.2) is 34.8 Å². The highest BCUT2D eigenvalue weighted by atomic mass is 32.2. The van der Waals surface area contributed by atoms with Gasteiger partial charge in [0.15, 0.2) is 5.16 Å². The zero-order chi connectivity index (χ0) is 21.1. The van der Waals surface area contributed by atoms with Gasteiger partial charge in [0.25, 0.3) is 5.56 Å². The highest BCUT2D eigenvalue weighted by Gasteiger charge is 2.24. The standard InChI is InChI=1S/C23H23N3O3S/c1-15-8-9-20-19(12-15)26(10-11-29-20)21(27)14-30-23-24-16(2)18(22(28)25-23)13-17-6-4-3-5-7-17/h3-9,12H,10-11,13-14H2,1-2H3,(H,24,25,28). The van der Waals surface area contributed by atoms with Gasteiger partial charge in [-0.15, -0.1) is 0 Å². The Morgan fingerprint density at radius 1 is 1.20 bits per heavy atom. The van der Waals surface area contributed by atoms with E-state index < -0.39 is 0 Å². The van der Waals surface area contributed by atoms with E-state index in [1.807, 2.05) is 62.4 Å². The van der Waals surface area contributed by atoms with Crippen LogP contribution in [0.4, 0.5) is 5.69 Å². The van der Waals surface area contributed by atoms with Crippen LogP contribution in [-0.2, 0) is 11.2 Å². The van der Waals surface area contributed by atoms with Gasteiger partial charge in [-0.3, -0.25) is 9.59 Å². The second-order valence-electron chi connectivity index (χ2n) is 7.25. The summed E-state index contributed by atoms with van der Waals surface area (Å²) >= 11 is 1.25. The van der Waals surface area contributed by atoms with Gasteiger partial charge >= 0.3 is 0 Å². The third-order valence-corrected chi connectivity index (χ3v) is 5.89. The third kappa shape index (κ3) is 4.41.